The van der Waals surface area contributed by atoms with E-state index in [4.69, 9.17) is 11.6 Å². The molecule has 1 unspecified atom stereocenters. The number of hydrogen-bond donors (Lipinski definition) is 1. The number of carbonyl (C=O) groups is 1. The molecule has 5 heteroatoms. The van der Waals surface area contributed by atoms with Gasteiger partial charge < -0.3 is 9.84 Å². The summed E-state index contributed by atoms with van der Waals surface area (Å²) in [4.78, 5) is 11.5. The molecule has 0 amide bonds. The molecule has 1 aromatic heterocycles. The van der Waals surface area contributed by atoms with Crippen molar-refractivity contribution in [3.8, 4) is 0 Å². The molecular formula is C8H9ClO3S. The largest absolute Gasteiger partial charge is 0.469 e. The van der Waals surface area contributed by atoms with E-state index < -0.39 is 12.1 Å². The summed E-state index contributed by atoms with van der Waals surface area (Å²) in [5.74, 6) is -0.433. The van der Waals surface area contributed by atoms with Crippen LogP contribution in [0.2, 0.25) is 5.02 Å². The maximum Gasteiger partial charge on any atom is 0.308 e. The van der Waals surface area contributed by atoms with Crippen molar-refractivity contribution in [3.63, 3.8) is 0 Å². The van der Waals surface area contributed by atoms with Crippen molar-refractivity contribution in [1.82, 2.24) is 0 Å². The standard InChI is InChI=1S/C8H9ClO3S/c1-12-8(11)3-6(10)7-2-5(9)4-13-7/h2,4,6,10H,3H2,1H3. The number of ether oxygens (including phenoxy) is 1. The van der Waals surface area contributed by atoms with Crippen LogP contribution in [-0.2, 0) is 9.53 Å². The molecule has 0 aliphatic heterocycles. The molecule has 1 rings (SSSR count). The molecule has 0 radical (unpaired) electrons. The van der Waals surface area contributed by atoms with E-state index >= 15 is 0 Å². The van der Waals surface area contributed by atoms with E-state index in [2.05, 4.69) is 4.74 Å². The van der Waals surface area contributed by atoms with Gasteiger partial charge in [-0.3, -0.25) is 4.79 Å². The summed E-state index contributed by atoms with van der Waals surface area (Å²) in [6.45, 7) is 0. The highest BCUT2D eigenvalue weighted by molar-refractivity contribution is 7.10. The molecule has 1 aromatic rings. The maximum absolute atomic E-state index is 10.8. The van der Waals surface area contributed by atoms with Gasteiger partial charge in [0.25, 0.3) is 0 Å². The van der Waals surface area contributed by atoms with E-state index in [0.29, 0.717) is 9.90 Å². The molecule has 0 spiro atoms. The van der Waals surface area contributed by atoms with Crippen LogP contribution in [0.25, 0.3) is 0 Å². The zero-order chi connectivity index (χ0) is 9.84. The van der Waals surface area contributed by atoms with E-state index in [9.17, 15) is 9.90 Å². The molecule has 0 fully saturated rings. The number of aliphatic hydroxyl groups is 1. The second kappa shape index (κ2) is 4.60. The Balaban J connectivity index is 2.58. The van der Waals surface area contributed by atoms with E-state index in [1.54, 1.807) is 11.4 Å². The molecule has 0 saturated heterocycles. The highest BCUT2D eigenvalue weighted by Gasteiger charge is 2.14. The van der Waals surface area contributed by atoms with E-state index in [-0.39, 0.29) is 6.42 Å². The smallest absolute Gasteiger partial charge is 0.308 e. The Morgan fingerprint density at radius 2 is 2.54 bits per heavy atom. The second-order valence-electron chi connectivity index (χ2n) is 2.46. The Morgan fingerprint density at radius 1 is 1.85 bits per heavy atom. The van der Waals surface area contributed by atoms with Crippen molar-refractivity contribution in [2.24, 2.45) is 0 Å². The number of rotatable bonds is 3. The molecule has 0 aliphatic carbocycles. The molecule has 0 aromatic carbocycles. The monoisotopic (exact) mass is 220 g/mol. The quantitative estimate of drug-likeness (QED) is 0.793. The fourth-order valence-electron chi connectivity index (χ4n) is 0.845. The fourth-order valence-corrected chi connectivity index (χ4v) is 1.91. The number of esters is 1. The van der Waals surface area contributed by atoms with Crippen molar-refractivity contribution in [1.29, 1.82) is 0 Å². The van der Waals surface area contributed by atoms with E-state index in [0.717, 1.165) is 0 Å². The van der Waals surface area contributed by atoms with Crippen molar-refractivity contribution in [2.75, 3.05) is 7.11 Å². The Morgan fingerprint density at radius 3 is 3.00 bits per heavy atom. The SMILES string of the molecule is COC(=O)CC(O)c1cc(Cl)cs1. The van der Waals surface area contributed by atoms with Crippen LogP contribution in [0.15, 0.2) is 11.4 Å². The van der Waals surface area contributed by atoms with Crippen LogP contribution in [-0.4, -0.2) is 18.2 Å². The van der Waals surface area contributed by atoms with E-state index in [1.165, 1.54) is 18.4 Å². The van der Waals surface area contributed by atoms with Gasteiger partial charge in [0.05, 0.1) is 24.7 Å². The average molecular weight is 221 g/mol. The van der Waals surface area contributed by atoms with Gasteiger partial charge in [-0.05, 0) is 6.07 Å². The van der Waals surface area contributed by atoms with Gasteiger partial charge >= 0.3 is 5.97 Å². The van der Waals surface area contributed by atoms with Gasteiger partial charge in [-0.15, -0.1) is 11.3 Å². The lowest BCUT2D eigenvalue weighted by atomic mass is 10.2. The lowest BCUT2D eigenvalue weighted by molar-refractivity contribution is -0.142. The van der Waals surface area contributed by atoms with Crippen molar-refractivity contribution in [2.45, 2.75) is 12.5 Å². The number of aliphatic hydroxyl groups excluding tert-OH is 1. The van der Waals surface area contributed by atoms with Gasteiger partial charge in [0.1, 0.15) is 0 Å². The number of thiophene rings is 1. The van der Waals surface area contributed by atoms with Gasteiger partial charge in [-0.1, -0.05) is 11.6 Å². The third-order valence-corrected chi connectivity index (χ3v) is 2.89. The molecule has 1 N–H and O–H groups in total. The van der Waals surface area contributed by atoms with Crippen molar-refractivity contribution >= 4 is 28.9 Å². The van der Waals surface area contributed by atoms with Crippen LogP contribution in [0.3, 0.4) is 0 Å². The molecule has 72 valence electrons. The third-order valence-electron chi connectivity index (χ3n) is 1.50. The van der Waals surface area contributed by atoms with Gasteiger partial charge in [-0.25, -0.2) is 0 Å². The second-order valence-corrected chi connectivity index (χ2v) is 3.84. The normalized spacial score (nSPS) is 12.5. The molecule has 0 bridgehead atoms. The minimum absolute atomic E-state index is 0.0344. The average Bonchev–Trinajstić information content (AvgIpc) is 2.51. The lowest BCUT2D eigenvalue weighted by Gasteiger charge is -2.05. The third kappa shape index (κ3) is 2.99. The maximum atomic E-state index is 10.8. The summed E-state index contributed by atoms with van der Waals surface area (Å²) in [5.41, 5.74) is 0. The molecular weight excluding hydrogens is 212 g/mol. The Bertz CT molecular complexity index is 297. The topological polar surface area (TPSA) is 46.5 Å². The minimum atomic E-state index is -0.815. The summed E-state index contributed by atoms with van der Waals surface area (Å²) in [5, 5.41) is 11.8. The summed E-state index contributed by atoms with van der Waals surface area (Å²) < 4.78 is 4.42. The fraction of sp³-hybridized carbons (Fsp3) is 0.375. The molecule has 0 saturated carbocycles. The summed E-state index contributed by atoms with van der Waals surface area (Å²) >= 11 is 6.98. The molecule has 0 aliphatic rings. The highest BCUT2D eigenvalue weighted by Crippen LogP contribution is 2.27. The first-order valence-electron chi connectivity index (χ1n) is 3.62. The predicted octanol–water partition coefficient (Wildman–Crippen LogP) is 2.00. The predicted molar refractivity (Wildman–Crippen MR) is 50.9 cm³/mol. The Kier molecular flexibility index (Phi) is 3.71. The first-order valence-corrected chi connectivity index (χ1v) is 4.88. The number of hydrogen-bond acceptors (Lipinski definition) is 4. The number of halogens is 1. The van der Waals surface area contributed by atoms with Gasteiger partial charge in [0, 0.05) is 10.3 Å². The number of carbonyl (C=O) groups excluding carboxylic acids is 1. The van der Waals surface area contributed by atoms with Gasteiger partial charge in [-0.2, -0.15) is 0 Å². The first-order chi connectivity index (χ1) is 6.13. The van der Waals surface area contributed by atoms with Crippen LogP contribution >= 0.6 is 22.9 Å². The van der Waals surface area contributed by atoms with Crippen LogP contribution in [0.4, 0.5) is 0 Å². The molecule has 1 heterocycles. The van der Waals surface area contributed by atoms with Crippen molar-refractivity contribution in [3.05, 3.63) is 21.3 Å². The highest BCUT2D eigenvalue weighted by atomic mass is 35.5. The van der Waals surface area contributed by atoms with Gasteiger partial charge in [0.2, 0.25) is 0 Å². The lowest BCUT2D eigenvalue weighted by Crippen LogP contribution is -2.06. The van der Waals surface area contributed by atoms with Crippen LogP contribution in [0, 0.1) is 0 Å². The summed E-state index contributed by atoms with van der Waals surface area (Å²) in [6, 6.07) is 1.64. The molecule has 1 atom stereocenters. The summed E-state index contributed by atoms with van der Waals surface area (Å²) in [7, 11) is 1.29. The number of methoxy groups -OCH3 is 1. The van der Waals surface area contributed by atoms with Gasteiger partial charge in [0.15, 0.2) is 0 Å². The van der Waals surface area contributed by atoms with Crippen LogP contribution < -0.4 is 0 Å². The summed E-state index contributed by atoms with van der Waals surface area (Å²) in [6.07, 6.45) is -0.849. The van der Waals surface area contributed by atoms with Crippen LogP contribution in [0.5, 0.6) is 0 Å². The zero-order valence-electron chi connectivity index (χ0n) is 6.99. The Labute approximate surface area is 84.9 Å². The zero-order valence-corrected chi connectivity index (χ0v) is 8.56. The van der Waals surface area contributed by atoms with Crippen molar-refractivity contribution < 1.29 is 14.6 Å². The van der Waals surface area contributed by atoms with Crippen LogP contribution in [0.1, 0.15) is 17.4 Å². The van der Waals surface area contributed by atoms with E-state index in [1.807, 2.05) is 0 Å². The molecule has 13 heavy (non-hydrogen) atoms. The Hall–Kier alpha value is -0.580. The first kappa shape index (κ1) is 10.5. The minimum Gasteiger partial charge on any atom is -0.469 e. The molecule has 3 nitrogen and oxygen atoms in total.